The largest absolute Gasteiger partial charge is 0.300 e. The predicted octanol–water partition coefficient (Wildman–Crippen LogP) is 1.13. The van der Waals surface area contributed by atoms with Gasteiger partial charge in [-0.05, 0) is 12.1 Å². The molecule has 1 amide bonds. The van der Waals surface area contributed by atoms with E-state index in [1.54, 1.807) is 13.1 Å². The molecule has 1 aliphatic heterocycles. The van der Waals surface area contributed by atoms with Gasteiger partial charge in [-0.15, -0.1) is 0 Å². The number of hydrogen-bond acceptors (Lipinski definition) is 3. The molecule has 0 radical (unpaired) electrons. The maximum Gasteiger partial charge on any atom is 0.260 e. The molecule has 1 aromatic carbocycles. The summed E-state index contributed by atoms with van der Waals surface area (Å²) in [5.41, 5.74) is 4.18. The topological polar surface area (TPSA) is 44.7 Å². The van der Waals surface area contributed by atoms with Crippen LogP contribution < -0.4 is 5.43 Å². The number of carbonyl (C=O) groups is 1. The average molecular weight is 175 g/mol. The highest BCUT2D eigenvalue weighted by molar-refractivity contribution is 6.05. The van der Waals surface area contributed by atoms with Crippen LogP contribution in [0.5, 0.6) is 0 Å². The zero-order valence-electron chi connectivity index (χ0n) is 7.19. The van der Waals surface area contributed by atoms with Gasteiger partial charge in [0.15, 0.2) is 0 Å². The van der Waals surface area contributed by atoms with Gasteiger partial charge in [0, 0.05) is 7.05 Å². The zero-order chi connectivity index (χ0) is 9.26. The number of nitrogens with zero attached hydrogens (tertiary/aromatic N) is 2. The number of hydrazone groups is 1. The number of para-hydroxylation sites is 1. The van der Waals surface area contributed by atoms with Gasteiger partial charge >= 0.3 is 0 Å². The van der Waals surface area contributed by atoms with Crippen LogP contribution in [-0.4, -0.2) is 24.2 Å². The van der Waals surface area contributed by atoms with Gasteiger partial charge in [-0.3, -0.25) is 10.2 Å². The van der Waals surface area contributed by atoms with Crippen molar-refractivity contribution in [3.63, 3.8) is 0 Å². The van der Waals surface area contributed by atoms with Crippen LogP contribution in [0.3, 0.4) is 0 Å². The van der Waals surface area contributed by atoms with Gasteiger partial charge in [-0.2, -0.15) is 5.10 Å². The molecule has 0 aromatic heterocycles. The molecule has 0 aliphatic carbocycles. The summed E-state index contributed by atoms with van der Waals surface area (Å²) in [4.78, 5) is 13.1. The number of benzene rings is 1. The van der Waals surface area contributed by atoms with Crippen LogP contribution in [0.2, 0.25) is 0 Å². The molecule has 0 fully saturated rings. The molecule has 0 saturated heterocycles. The van der Waals surface area contributed by atoms with Gasteiger partial charge in [0.1, 0.15) is 6.34 Å². The number of fused-ring (bicyclic) bond motifs is 1. The molecule has 1 aromatic rings. The van der Waals surface area contributed by atoms with Crippen LogP contribution in [0.25, 0.3) is 0 Å². The Morgan fingerprint density at radius 1 is 1.38 bits per heavy atom. The highest BCUT2D eigenvalue weighted by atomic mass is 16.2. The van der Waals surface area contributed by atoms with Gasteiger partial charge in [0.05, 0.1) is 11.3 Å². The Bertz CT molecular complexity index is 373. The number of amides is 1. The second kappa shape index (κ2) is 2.90. The van der Waals surface area contributed by atoms with Crippen molar-refractivity contribution in [3.05, 3.63) is 29.8 Å². The van der Waals surface area contributed by atoms with E-state index in [0.29, 0.717) is 5.56 Å². The molecule has 13 heavy (non-hydrogen) atoms. The van der Waals surface area contributed by atoms with Crippen molar-refractivity contribution in [2.24, 2.45) is 5.10 Å². The van der Waals surface area contributed by atoms with E-state index in [1.807, 2.05) is 18.2 Å². The van der Waals surface area contributed by atoms with Crippen LogP contribution in [0.15, 0.2) is 29.4 Å². The summed E-state index contributed by atoms with van der Waals surface area (Å²) in [5, 5.41) is 3.87. The fraction of sp³-hybridized carbons (Fsp3) is 0.111. The maximum atomic E-state index is 11.6. The van der Waals surface area contributed by atoms with Crippen molar-refractivity contribution in [2.45, 2.75) is 0 Å². The maximum absolute atomic E-state index is 11.6. The van der Waals surface area contributed by atoms with Gasteiger partial charge in [-0.25, -0.2) is 0 Å². The van der Waals surface area contributed by atoms with Crippen molar-refractivity contribution in [3.8, 4) is 0 Å². The molecule has 0 spiro atoms. The second-order valence-corrected chi connectivity index (χ2v) is 2.82. The molecule has 0 unspecified atom stereocenters. The molecule has 4 heteroatoms. The summed E-state index contributed by atoms with van der Waals surface area (Å²) in [6.45, 7) is 0. The lowest BCUT2D eigenvalue weighted by Gasteiger charge is -2.08. The first kappa shape index (κ1) is 7.79. The van der Waals surface area contributed by atoms with Crippen LogP contribution in [-0.2, 0) is 0 Å². The SMILES string of the molecule is CN1C=NNc2ccccc2C1=O. The highest BCUT2D eigenvalue weighted by Crippen LogP contribution is 2.17. The molecule has 66 valence electrons. The van der Waals surface area contributed by atoms with Crippen molar-refractivity contribution >= 4 is 17.9 Å². The first-order chi connectivity index (χ1) is 6.29. The molecule has 1 N–H and O–H groups in total. The minimum absolute atomic E-state index is 0.0515. The third-order valence-electron chi connectivity index (χ3n) is 1.89. The van der Waals surface area contributed by atoms with E-state index in [9.17, 15) is 4.79 Å². The number of nitrogens with one attached hydrogen (secondary N) is 1. The summed E-state index contributed by atoms with van der Waals surface area (Å²) in [6.07, 6.45) is 1.46. The van der Waals surface area contributed by atoms with E-state index < -0.39 is 0 Å². The molecule has 0 bridgehead atoms. The smallest absolute Gasteiger partial charge is 0.260 e. The van der Waals surface area contributed by atoms with E-state index in [0.717, 1.165) is 5.69 Å². The minimum Gasteiger partial charge on any atom is -0.300 e. The van der Waals surface area contributed by atoms with Gasteiger partial charge in [0.25, 0.3) is 5.91 Å². The van der Waals surface area contributed by atoms with E-state index in [2.05, 4.69) is 10.5 Å². The first-order valence-corrected chi connectivity index (χ1v) is 3.94. The molecular formula is C9H9N3O. The lowest BCUT2D eigenvalue weighted by atomic mass is 10.1. The van der Waals surface area contributed by atoms with Crippen molar-refractivity contribution in [1.82, 2.24) is 4.90 Å². The van der Waals surface area contributed by atoms with Crippen LogP contribution >= 0.6 is 0 Å². The van der Waals surface area contributed by atoms with E-state index in [4.69, 9.17) is 0 Å². The number of carbonyl (C=O) groups excluding carboxylic acids is 1. The van der Waals surface area contributed by atoms with Crippen molar-refractivity contribution in [1.29, 1.82) is 0 Å². The molecule has 0 saturated carbocycles. The Hall–Kier alpha value is -1.84. The monoisotopic (exact) mass is 175 g/mol. The van der Waals surface area contributed by atoms with Crippen LogP contribution in [0, 0.1) is 0 Å². The first-order valence-electron chi connectivity index (χ1n) is 3.94. The van der Waals surface area contributed by atoms with Gasteiger partial charge in [-0.1, -0.05) is 12.1 Å². The third kappa shape index (κ3) is 1.26. The molecule has 1 aliphatic rings. The predicted molar refractivity (Wildman–Crippen MR) is 50.7 cm³/mol. The Labute approximate surface area is 75.9 Å². The van der Waals surface area contributed by atoms with Crippen molar-refractivity contribution < 1.29 is 4.79 Å². The number of rotatable bonds is 0. The fourth-order valence-electron chi connectivity index (χ4n) is 1.19. The van der Waals surface area contributed by atoms with Crippen LogP contribution in [0.4, 0.5) is 5.69 Å². The molecule has 2 rings (SSSR count). The van der Waals surface area contributed by atoms with Crippen LogP contribution in [0.1, 0.15) is 10.4 Å². The van der Waals surface area contributed by atoms with Gasteiger partial charge < -0.3 is 4.90 Å². The van der Waals surface area contributed by atoms with Crippen molar-refractivity contribution in [2.75, 3.05) is 12.5 Å². The lowest BCUT2D eigenvalue weighted by Crippen LogP contribution is -2.23. The third-order valence-corrected chi connectivity index (χ3v) is 1.89. The summed E-state index contributed by atoms with van der Waals surface area (Å²) in [7, 11) is 1.68. The zero-order valence-corrected chi connectivity index (χ0v) is 7.19. The van der Waals surface area contributed by atoms with E-state index in [-0.39, 0.29) is 5.91 Å². The summed E-state index contributed by atoms with van der Waals surface area (Å²) in [6, 6.07) is 7.29. The van der Waals surface area contributed by atoms with E-state index in [1.165, 1.54) is 11.2 Å². The highest BCUT2D eigenvalue weighted by Gasteiger charge is 2.15. The van der Waals surface area contributed by atoms with Gasteiger partial charge in [0.2, 0.25) is 0 Å². The Kier molecular flexibility index (Phi) is 1.73. The summed E-state index contributed by atoms with van der Waals surface area (Å²) >= 11 is 0. The Balaban J connectivity index is 2.53. The quantitative estimate of drug-likeness (QED) is 0.642. The second-order valence-electron chi connectivity index (χ2n) is 2.82. The summed E-state index contributed by atoms with van der Waals surface area (Å²) < 4.78 is 0. The molecular weight excluding hydrogens is 166 g/mol. The fourth-order valence-corrected chi connectivity index (χ4v) is 1.19. The average Bonchev–Trinajstić information content (AvgIpc) is 2.29. The Morgan fingerprint density at radius 2 is 2.15 bits per heavy atom. The molecule has 4 nitrogen and oxygen atoms in total. The van der Waals surface area contributed by atoms with E-state index >= 15 is 0 Å². The normalized spacial score (nSPS) is 14.8. The summed E-state index contributed by atoms with van der Waals surface area (Å²) in [5.74, 6) is -0.0515. The lowest BCUT2D eigenvalue weighted by molar-refractivity contribution is 0.0877. The molecule has 1 heterocycles. The Morgan fingerprint density at radius 3 is 3.00 bits per heavy atom. The number of anilines is 1. The number of hydrogen-bond donors (Lipinski definition) is 1. The minimum atomic E-state index is -0.0515. The molecule has 0 atom stereocenters. The standard InChI is InChI=1S/C9H9N3O/c1-12-6-10-11-8-5-3-2-4-7(8)9(12)13/h2-6,11H,1H3.